The van der Waals surface area contributed by atoms with Crippen molar-refractivity contribution in [1.82, 2.24) is 14.9 Å². The fourth-order valence-electron chi connectivity index (χ4n) is 2.82. The maximum absolute atomic E-state index is 10.7. The Labute approximate surface area is 120 Å². The Bertz CT molecular complexity index is 427. The van der Waals surface area contributed by atoms with Crippen LogP contribution in [0.4, 0.5) is 0 Å². The minimum Gasteiger partial charge on any atom is -0.476 e. The van der Waals surface area contributed by atoms with E-state index in [1.165, 1.54) is 38.3 Å². The lowest BCUT2D eigenvalue weighted by Crippen LogP contribution is -2.30. The smallest absolute Gasteiger partial charge is 0.356 e. The second kappa shape index (κ2) is 7.33. The van der Waals surface area contributed by atoms with E-state index < -0.39 is 5.97 Å². The molecule has 1 fully saturated rings. The van der Waals surface area contributed by atoms with Crippen LogP contribution in [-0.4, -0.2) is 39.0 Å². The van der Waals surface area contributed by atoms with Crippen molar-refractivity contribution < 1.29 is 9.90 Å². The van der Waals surface area contributed by atoms with Gasteiger partial charge < -0.3 is 5.11 Å². The van der Waals surface area contributed by atoms with E-state index in [1.54, 1.807) is 6.20 Å². The number of aromatic carboxylic acids is 1. The number of carboxylic acids is 1. The van der Waals surface area contributed by atoms with E-state index in [0.717, 1.165) is 31.2 Å². The predicted molar refractivity (Wildman–Crippen MR) is 76.5 cm³/mol. The van der Waals surface area contributed by atoms with Crippen LogP contribution in [0.5, 0.6) is 0 Å². The molecule has 1 aromatic heterocycles. The molecule has 1 N–H and O–H groups in total. The first-order chi connectivity index (χ1) is 9.69. The van der Waals surface area contributed by atoms with E-state index in [2.05, 4.69) is 21.8 Å². The number of aromatic nitrogens is 2. The highest BCUT2D eigenvalue weighted by Gasteiger charge is 2.17. The largest absolute Gasteiger partial charge is 0.476 e. The molecule has 1 heterocycles. The van der Waals surface area contributed by atoms with E-state index in [9.17, 15) is 4.79 Å². The van der Waals surface area contributed by atoms with Crippen molar-refractivity contribution in [3.63, 3.8) is 0 Å². The minimum atomic E-state index is -1.03. The lowest BCUT2D eigenvalue weighted by atomic mass is 9.89. The van der Waals surface area contributed by atoms with Crippen LogP contribution in [0, 0.1) is 5.92 Å². The zero-order valence-electron chi connectivity index (χ0n) is 12.1. The fraction of sp³-hybridized carbons (Fsp3) is 0.667. The Morgan fingerprint density at radius 2 is 2.05 bits per heavy atom. The zero-order chi connectivity index (χ0) is 14.4. The summed E-state index contributed by atoms with van der Waals surface area (Å²) in [5, 5.41) is 8.81. The lowest BCUT2D eigenvalue weighted by molar-refractivity contribution is 0.0690. The van der Waals surface area contributed by atoms with Gasteiger partial charge in [-0.2, -0.15) is 0 Å². The number of rotatable bonds is 6. The van der Waals surface area contributed by atoms with Crippen LogP contribution >= 0.6 is 0 Å². The molecular formula is C15H23N3O2. The fourth-order valence-corrected chi connectivity index (χ4v) is 2.82. The van der Waals surface area contributed by atoms with Crippen molar-refractivity contribution in [2.24, 2.45) is 5.92 Å². The summed E-state index contributed by atoms with van der Waals surface area (Å²) < 4.78 is 0. The second-order valence-corrected chi connectivity index (χ2v) is 5.53. The molecule has 0 spiro atoms. The van der Waals surface area contributed by atoms with E-state index in [4.69, 9.17) is 5.11 Å². The molecule has 1 aromatic rings. The molecule has 1 aliphatic rings. The van der Waals surface area contributed by atoms with Gasteiger partial charge >= 0.3 is 5.97 Å². The molecule has 20 heavy (non-hydrogen) atoms. The molecule has 0 aliphatic heterocycles. The zero-order valence-corrected chi connectivity index (χ0v) is 12.1. The van der Waals surface area contributed by atoms with Crippen LogP contribution in [0.3, 0.4) is 0 Å². The van der Waals surface area contributed by atoms with Crippen LogP contribution in [0.15, 0.2) is 12.4 Å². The first-order valence-electron chi connectivity index (χ1n) is 7.45. The molecule has 0 atom stereocenters. The van der Waals surface area contributed by atoms with Gasteiger partial charge in [-0.05, 0) is 25.3 Å². The van der Waals surface area contributed by atoms with Gasteiger partial charge in [-0.25, -0.2) is 9.78 Å². The molecule has 1 aliphatic carbocycles. The second-order valence-electron chi connectivity index (χ2n) is 5.53. The molecule has 110 valence electrons. The van der Waals surface area contributed by atoms with Gasteiger partial charge in [0.1, 0.15) is 0 Å². The molecule has 0 unspecified atom stereocenters. The summed E-state index contributed by atoms with van der Waals surface area (Å²) in [4.78, 5) is 21.2. The van der Waals surface area contributed by atoms with E-state index >= 15 is 0 Å². The number of hydrogen-bond acceptors (Lipinski definition) is 4. The summed E-state index contributed by atoms with van der Waals surface area (Å²) in [7, 11) is 0. The first kappa shape index (κ1) is 14.9. The van der Waals surface area contributed by atoms with Crippen molar-refractivity contribution in [2.75, 3.05) is 13.1 Å². The highest BCUT2D eigenvalue weighted by molar-refractivity contribution is 5.84. The molecule has 0 saturated heterocycles. The SMILES string of the molecule is CCN(Cc1cnc(C(=O)O)cn1)CC1CCCCC1. The quantitative estimate of drug-likeness (QED) is 0.865. The van der Waals surface area contributed by atoms with Crippen LogP contribution < -0.4 is 0 Å². The van der Waals surface area contributed by atoms with Crippen LogP contribution in [0.1, 0.15) is 55.2 Å². The van der Waals surface area contributed by atoms with E-state index in [1.807, 2.05) is 0 Å². The maximum atomic E-state index is 10.7. The third-order valence-electron chi connectivity index (χ3n) is 4.00. The Morgan fingerprint density at radius 1 is 1.30 bits per heavy atom. The molecule has 0 bridgehead atoms. The highest BCUT2D eigenvalue weighted by Crippen LogP contribution is 2.24. The molecule has 0 radical (unpaired) electrons. The van der Waals surface area contributed by atoms with Gasteiger partial charge in [0.05, 0.1) is 18.1 Å². The standard InChI is InChI=1S/C15H23N3O2/c1-2-18(10-12-6-4-3-5-7-12)11-13-8-17-14(9-16-13)15(19)20/h8-9,12H,2-7,10-11H2,1H3,(H,19,20). The number of hydrogen-bond donors (Lipinski definition) is 1. The lowest BCUT2D eigenvalue weighted by Gasteiger charge is -2.28. The third kappa shape index (κ3) is 4.27. The third-order valence-corrected chi connectivity index (χ3v) is 4.00. The van der Waals surface area contributed by atoms with Crippen molar-refractivity contribution in [3.05, 3.63) is 23.8 Å². The van der Waals surface area contributed by atoms with Gasteiger partial charge in [0.2, 0.25) is 0 Å². The van der Waals surface area contributed by atoms with Crippen molar-refractivity contribution in [3.8, 4) is 0 Å². The van der Waals surface area contributed by atoms with Crippen LogP contribution in [0.25, 0.3) is 0 Å². The number of carboxylic acid groups (broad SMARTS) is 1. The molecule has 1 saturated carbocycles. The summed E-state index contributed by atoms with van der Waals surface area (Å²) in [5.41, 5.74) is 0.844. The maximum Gasteiger partial charge on any atom is 0.356 e. The number of nitrogens with zero attached hydrogens (tertiary/aromatic N) is 3. The summed E-state index contributed by atoms with van der Waals surface area (Å²) in [5.74, 6) is -0.228. The van der Waals surface area contributed by atoms with Crippen molar-refractivity contribution >= 4 is 5.97 Å². The van der Waals surface area contributed by atoms with E-state index in [-0.39, 0.29) is 5.69 Å². The molecule has 0 aromatic carbocycles. The molecule has 0 amide bonds. The Morgan fingerprint density at radius 3 is 2.60 bits per heavy atom. The summed E-state index contributed by atoms with van der Waals surface area (Å²) in [6, 6.07) is 0. The van der Waals surface area contributed by atoms with Crippen LogP contribution in [0.2, 0.25) is 0 Å². The van der Waals surface area contributed by atoms with Gasteiger partial charge in [-0.15, -0.1) is 0 Å². The van der Waals surface area contributed by atoms with Crippen LogP contribution in [-0.2, 0) is 6.54 Å². The Balaban J connectivity index is 1.89. The van der Waals surface area contributed by atoms with Gasteiger partial charge in [0, 0.05) is 13.1 Å². The summed E-state index contributed by atoms with van der Waals surface area (Å²) in [6.45, 7) is 5.00. The monoisotopic (exact) mass is 277 g/mol. The minimum absolute atomic E-state index is 0.00378. The van der Waals surface area contributed by atoms with Gasteiger partial charge in [-0.3, -0.25) is 9.88 Å². The van der Waals surface area contributed by atoms with Gasteiger partial charge in [0.15, 0.2) is 5.69 Å². The Kier molecular flexibility index (Phi) is 5.47. The highest BCUT2D eigenvalue weighted by atomic mass is 16.4. The normalized spacial score (nSPS) is 16.5. The topological polar surface area (TPSA) is 66.3 Å². The van der Waals surface area contributed by atoms with Gasteiger partial charge in [0.25, 0.3) is 0 Å². The molecule has 2 rings (SSSR count). The van der Waals surface area contributed by atoms with Gasteiger partial charge in [-0.1, -0.05) is 26.2 Å². The average Bonchev–Trinajstić information content (AvgIpc) is 2.48. The first-order valence-corrected chi connectivity index (χ1v) is 7.45. The summed E-state index contributed by atoms with van der Waals surface area (Å²) in [6.07, 6.45) is 9.68. The molecular weight excluding hydrogens is 254 g/mol. The molecule has 5 heteroatoms. The Hall–Kier alpha value is -1.49. The predicted octanol–water partition coefficient (Wildman–Crippen LogP) is 2.58. The molecule has 5 nitrogen and oxygen atoms in total. The number of carbonyl (C=O) groups is 1. The van der Waals surface area contributed by atoms with E-state index in [0.29, 0.717) is 0 Å². The summed E-state index contributed by atoms with van der Waals surface area (Å²) >= 11 is 0. The van der Waals surface area contributed by atoms with Crippen molar-refractivity contribution in [1.29, 1.82) is 0 Å². The average molecular weight is 277 g/mol. The van der Waals surface area contributed by atoms with Crippen molar-refractivity contribution in [2.45, 2.75) is 45.6 Å².